The normalized spacial score (nSPS) is 18.5. The Hall–Kier alpha value is -0.670. The lowest BCUT2D eigenvalue weighted by molar-refractivity contribution is 0.456. The second kappa shape index (κ2) is 4.90. The predicted molar refractivity (Wildman–Crippen MR) is 65.6 cm³/mol. The summed E-state index contributed by atoms with van der Waals surface area (Å²) < 4.78 is 0. The second-order valence-electron chi connectivity index (χ2n) is 4.10. The van der Waals surface area contributed by atoms with Crippen molar-refractivity contribution in [2.75, 3.05) is 18.1 Å². The molecule has 3 heteroatoms. The van der Waals surface area contributed by atoms with E-state index in [-0.39, 0.29) is 0 Å². The fourth-order valence-electron chi connectivity index (χ4n) is 1.71. The van der Waals surface area contributed by atoms with E-state index < -0.39 is 0 Å². The van der Waals surface area contributed by atoms with Crippen LogP contribution in [0.2, 0.25) is 0 Å². The van der Waals surface area contributed by atoms with Gasteiger partial charge in [0.1, 0.15) is 5.75 Å². The SMILES string of the molecule is CC(CNC1CSC1)c1ccccc1O. The van der Waals surface area contributed by atoms with E-state index in [9.17, 15) is 5.11 Å². The van der Waals surface area contributed by atoms with Crippen LogP contribution in [0.4, 0.5) is 0 Å². The van der Waals surface area contributed by atoms with Crippen LogP contribution in [0, 0.1) is 0 Å². The Kier molecular flexibility index (Phi) is 3.54. The molecule has 1 unspecified atom stereocenters. The topological polar surface area (TPSA) is 32.3 Å². The molecule has 0 aliphatic carbocycles. The number of phenolic OH excluding ortho intramolecular Hbond substituents is 1. The second-order valence-corrected chi connectivity index (χ2v) is 5.18. The summed E-state index contributed by atoms with van der Waals surface area (Å²) in [5.41, 5.74) is 1.04. The van der Waals surface area contributed by atoms with Gasteiger partial charge in [-0.3, -0.25) is 0 Å². The predicted octanol–water partition coefficient (Wildman–Crippen LogP) is 2.20. The molecule has 1 heterocycles. The van der Waals surface area contributed by atoms with Gasteiger partial charge in [0.25, 0.3) is 0 Å². The summed E-state index contributed by atoms with van der Waals surface area (Å²) in [6.45, 7) is 3.09. The number of hydrogen-bond donors (Lipinski definition) is 2. The average molecular weight is 223 g/mol. The molecule has 1 aliphatic rings. The first-order chi connectivity index (χ1) is 7.27. The molecule has 0 amide bonds. The highest BCUT2D eigenvalue weighted by Gasteiger charge is 2.18. The number of thioether (sulfide) groups is 1. The van der Waals surface area contributed by atoms with Crippen molar-refractivity contribution in [1.82, 2.24) is 5.32 Å². The number of phenols is 1. The van der Waals surface area contributed by atoms with E-state index in [1.54, 1.807) is 6.07 Å². The minimum atomic E-state index is 0.372. The van der Waals surface area contributed by atoms with Crippen molar-refractivity contribution in [3.8, 4) is 5.75 Å². The highest BCUT2D eigenvalue weighted by atomic mass is 32.2. The Labute approximate surface area is 95.1 Å². The highest BCUT2D eigenvalue weighted by Crippen LogP contribution is 2.25. The van der Waals surface area contributed by atoms with E-state index in [1.165, 1.54) is 11.5 Å². The van der Waals surface area contributed by atoms with Crippen LogP contribution in [0.3, 0.4) is 0 Å². The zero-order valence-electron chi connectivity index (χ0n) is 8.94. The molecule has 1 saturated heterocycles. The lowest BCUT2D eigenvalue weighted by Crippen LogP contribution is -2.41. The largest absolute Gasteiger partial charge is 0.508 e. The van der Waals surface area contributed by atoms with E-state index in [0.717, 1.165) is 12.1 Å². The summed E-state index contributed by atoms with van der Waals surface area (Å²) in [5, 5.41) is 13.2. The molecule has 1 aliphatic heterocycles. The first-order valence-corrected chi connectivity index (χ1v) is 6.52. The maximum absolute atomic E-state index is 9.69. The Morgan fingerprint density at radius 2 is 2.20 bits per heavy atom. The summed E-state index contributed by atoms with van der Waals surface area (Å²) in [4.78, 5) is 0. The van der Waals surface area contributed by atoms with Gasteiger partial charge < -0.3 is 10.4 Å². The van der Waals surface area contributed by atoms with Crippen LogP contribution in [0.5, 0.6) is 5.75 Å². The number of benzene rings is 1. The standard InChI is InChI=1S/C12H17NOS/c1-9(6-13-10-7-15-8-10)11-4-2-3-5-12(11)14/h2-5,9-10,13-14H,6-8H2,1H3. The van der Waals surface area contributed by atoms with Gasteiger partial charge in [0.2, 0.25) is 0 Å². The molecule has 1 aromatic rings. The Morgan fingerprint density at radius 1 is 1.47 bits per heavy atom. The monoisotopic (exact) mass is 223 g/mol. The van der Waals surface area contributed by atoms with Gasteiger partial charge >= 0.3 is 0 Å². The number of para-hydroxylation sites is 1. The van der Waals surface area contributed by atoms with Gasteiger partial charge in [0.05, 0.1) is 0 Å². The number of aromatic hydroxyl groups is 1. The molecule has 0 spiro atoms. The molecule has 1 atom stereocenters. The number of rotatable bonds is 4. The van der Waals surface area contributed by atoms with Crippen molar-refractivity contribution in [2.24, 2.45) is 0 Å². The molecular formula is C12H17NOS. The first kappa shape index (κ1) is 10.8. The summed E-state index contributed by atoms with van der Waals surface area (Å²) >= 11 is 1.98. The summed E-state index contributed by atoms with van der Waals surface area (Å²) in [7, 11) is 0. The zero-order valence-corrected chi connectivity index (χ0v) is 9.76. The van der Waals surface area contributed by atoms with E-state index >= 15 is 0 Å². The van der Waals surface area contributed by atoms with Crippen LogP contribution in [-0.2, 0) is 0 Å². The van der Waals surface area contributed by atoms with Gasteiger partial charge in [-0.15, -0.1) is 0 Å². The highest BCUT2D eigenvalue weighted by molar-refractivity contribution is 8.00. The van der Waals surface area contributed by atoms with Crippen LogP contribution >= 0.6 is 11.8 Å². The van der Waals surface area contributed by atoms with Crippen molar-refractivity contribution in [3.05, 3.63) is 29.8 Å². The molecule has 2 rings (SSSR count). The average Bonchev–Trinajstić information content (AvgIpc) is 2.16. The molecule has 0 bridgehead atoms. The quantitative estimate of drug-likeness (QED) is 0.821. The first-order valence-electron chi connectivity index (χ1n) is 5.36. The maximum atomic E-state index is 9.69. The van der Waals surface area contributed by atoms with E-state index in [1.807, 2.05) is 30.0 Å². The van der Waals surface area contributed by atoms with Crippen LogP contribution in [0.25, 0.3) is 0 Å². The summed E-state index contributed by atoms with van der Waals surface area (Å²) in [6.07, 6.45) is 0. The van der Waals surface area contributed by atoms with Gasteiger partial charge in [-0.05, 0) is 17.5 Å². The minimum Gasteiger partial charge on any atom is -0.508 e. The fraction of sp³-hybridized carbons (Fsp3) is 0.500. The van der Waals surface area contributed by atoms with Gasteiger partial charge in [0, 0.05) is 24.1 Å². The zero-order chi connectivity index (χ0) is 10.7. The molecule has 0 aromatic heterocycles. The van der Waals surface area contributed by atoms with E-state index in [4.69, 9.17) is 0 Å². The number of nitrogens with one attached hydrogen (secondary N) is 1. The number of hydrogen-bond acceptors (Lipinski definition) is 3. The molecule has 0 saturated carbocycles. The molecule has 82 valence electrons. The Bertz CT molecular complexity index is 325. The van der Waals surface area contributed by atoms with Crippen molar-refractivity contribution in [3.63, 3.8) is 0 Å². The van der Waals surface area contributed by atoms with E-state index in [2.05, 4.69) is 12.2 Å². The summed E-state index contributed by atoms with van der Waals surface area (Å²) in [6, 6.07) is 8.28. The van der Waals surface area contributed by atoms with Gasteiger partial charge in [-0.1, -0.05) is 25.1 Å². The van der Waals surface area contributed by atoms with Gasteiger partial charge in [-0.25, -0.2) is 0 Å². The van der Waals surface area contributed by atoms with Gasteiger partial charge in [0.15, 0.2) is 0 Å². The van der Waals surface area contributed by atoms with Crippen molar-refractivity contribution in [2.45, 2.75) is 18.9 Å². The molecule has 1 fully saturated rings. The molecule has 0 radical (unpaired) electrons. The van der Waals surface area contributed by atoms with E-state index in [0.29, 0.717) is 17.7 Å². The Balaban J connectivity index is 1.89. The molecule has 2 N–H and O–H groups in total. The van der Waals surface area contributed by atoms with Crippen LogP contribution in [0.1, 0.15) is 18.4 Å². The van der Waals surface area contributed by atoms with Crippen molar-refractivity contribution in [1.29, 1.82) is 0 Å². The molecule has 15 heavy (non-hydrogen) atoms. The third kappa shape index (κ3) is 2.67. The van der Waals surface area contributed by atoms with Crippen LogP contribution in [-0.4, -0.2) is 29.2 Å². The van der Waals surface area contributed by atoms with Crippen molar-refractivity contribution >= 4 is 11.8 Å². The summed E-state index contributed by atoms with van der Waals surface area (Å²) in [5.74, 6) is 3.24. The molecule has 2 nitrogen and oxygen atoms in total. The minimum absolute atomic E-state index is 0.372. The smallest absolute Gasteiger partial charge is 0.119 e. The third-order valence-corrected chi connectivity index (χ3v) is 4.09. The van der Waals surface area contributed by atoms with Crippen LogP contribution < -0.4 is 5.32 Å². The van der Waals surface area contributed by atoms with Crippen molar-refractivity contribution < 1.29 is 5.11 Å². The fourth-order valence-corrected chi connectivity index (χ4v) is 2.42. The maximum Gasteiger partial charge on any atom is 0.119 e. The Morgan fingerprint density at radius 3 is 2.80 bits per heavy atom. The molecular weight excluding hydrogens is 206 g/mol. The van der Waals surface area contributed by atoms with Gasteiger partial charge in [-0.2, -0.15) is 11.8 Å². The lowest BCUT2D eigenvalue weighted by Gasteiger charge is -2.27. The molecule has 1 aromatic carbocycles. The third-order valence-electron chi connectivity index (χ3n) is 2.82. The van der Waals surface area contributed by atoms with Crippen LogP contribution in [0.15, 0.2) is 24.3 Å². The lowest BCUT2D eigenvalue weighted by atomic mass is 10.00.